The Balaban J connectivity index is 1.54. The van der Waals surface area contributed by atoms with E-state index in [9.17, 15) is 0 Å². The molecular formula is C30H20ClNS. The molecule has 3 heteroatoms. The Kier molecular flexibility index (Phi) is 5.10. The Labute approximate surface area is 202 Å². The summed E-state index contributed by atoms with van der Waals surface area (Å²) in [6.45, 7) is 0. The van der Waals surface area contributed by atoms with Crippen LogP contribution in [0.15, 0.2) is 121 Å². The van der Waals surface area contributed by atoms with Gasteiger partial charge in [0.15, 0.2) is 0 Å². The second-order valence-electron chi connectivity index (χ2n) is 7.98. The lowest BCUT2D eigenvalue weighted by Gasteiger charge is -2.26. The second-order valence-corrected chi connectivity index (χ2v) is 9.47. The van der Waals surface area contributed by atoms with E-state index in [1.807, 2.05) is 12.1 Å². The molecule has 0 radical (unpaired) electrons. The normalized spacial score (nSPS) is 11.2. The third kappa shape index (κ3) is 3.68. The highest BCUT2D eigenvalue weighted by atomic mass is 35.5. The van der Waals surface area contributed by atoms with Gasteiger partial charge in [0.2, 0.25) is 0 Å². The summed E-state index contributed by atoms with van der Waals surface area (Å²) in [5.41, 5.74) is 5.79. The average Bonchev–Trinajstić information content (AvgIpc) is 3.25. The summed E-state index contributed by atoms with van der Waals surface area (Å²) in [5, 5.41) is 3.15. The Bertz CT molecular complexity index is 1570. The molecule has 6 rings (SSSR count). The van der Waals surface area contributed by atoms with E-state index in [2.05, 4.69) is 114 Å². The van der Waals surface area contributed by atoms with Gasteiger partial charge in [-0.1, -0.05) is 84.4 Å². The molecule has 0 aliphatic heterocycles. The van der Waals surface area contributed by atoms with Gasteiger partial charge in [0.25, 0.3) is 0 Å². The summed E-state index contributed by atoms with van der Waals surface area (Å²) >= 11 is 8.33. The van der Waals surface area contributed by atoms with Gasteiger partial charge in [-0.15, -0.1) is 11.3 Å². The quantitative estimate of drug-likeness (QED) is 0.252. The number of fused-ring (bicyclic) bond motifs is 3. The van der Waals surface area contributed by atoms with E-state index in [0.29, 0.717) is 0 Å². The molecule has 0 aliphatic carbocycles. The zero-order chi connectivity index (χ0) is 22.2. The maximum absolute atomic E-state index is 6.54. The number of rotatable bonds is 4. The van der Waals surface area contributed by atoms with E-state index < -0.39 is 0 Å². The van der Waals surface area contributed by atoms with Gasteiger partial charge < -0.3 is 4.90 Å². The Morgan fingerprint density at radius 2 is 1.18 bits per heavy atom. The predicted octanol–water partition coefficient (Wildman–Crippen LogP) is 9.84. The molecular weight excluding hydrogens is 442 g/mol. The maximum Gasteiger partial charge on any atom is 0.0499 e. The molecule has 0 saturated carbocycles. The van der Waals surface area contributed by atoms with Crippen LogP contribution in [0.25, 0.3) is 31.3 Å². The lowest BCUT2D eigenvalue weighted by molar-refractivity contribution is 1.29. The van der Waals surface area contributed by atoms with E-state index in [4.69, 9.17) is 11.6 Å². The number of benzene rings is 5. The van der Waals surface area contributed by atoms with Crippen LogP contribution in [0.3, 0.4) is 0 Å². The molecule has 0 amide bonds. The van der Waals surface area contributed by atoms with Crippen LogP contribution in [0.4, 0.5) is 17.1 Å². The average molecular weight is 462 g/mol. The number of halogens is 1. The summed E-state index contributed by atoms with van der Waals surface area (Å²) in [6, 6.07) is 42.6. The van der Waals surface area contributed by atoms with Gasteiger partial charge in [0.05, 0.1) is 0 Å². The molecule has 0 atom stereocenters. The van der Waals surface area contributed by atoms with Crippen molar-refractivity contribution in [3.05, 3.63) is 126 Å². The van der Waals surface area contributed by atoms with Gasteiger partial charge in [-0.25, -0.2) is 0 Å². The van der Waals surface area contributed by atoms with Crippen molar-refractivity contribution in [2.24, 2.45) is 0 Å². The van der Waals surface area contributed by atoms with Crippen molar-refractivity contribution in [1.82, 2.24) is 0 Å². The van der Waals surface area contributed by atoms with Crippen LogP contribution in [0, 0.1) is 0 Å². The fourth-order valence-electron chi connectivity index (χ4n) is 4.39. The molecule has 0 bridgehead atoms. The van der Waals surface area contributed by atoms with E-state index in [-0.39, 0.29) is 0 Å². The Morgan fingerprint density at radius 1 is 0.515 bits per heavy atom. The molecule has 1 heterocycles. The number of anilines is 3. The van der Waals surface area contributed by atoms with Crippen LogP contribution in [0.5, 0.6) is 0 Å². The van der Waals surface area contributed by atoms with Crippen molar-refractivity contribution in [2.45, 2.75) is 0 Å². The van der Waals surface area contributed by atoms with Crippen LogP contribution in [-0.2, 0) is 0 Å². The van der Waals surface area contributed by atoms with Crippen molar-refractivity contribution in [2.75, 3.05) is 4.90 Å². The first-order valence-corrected chi connectivity index (χ1v) is 12.1. The van der Waals surface area contributed by atoms with Crippen molar-refractivity contribution >= 4 is 60.2 Å². The SMILES string of the molecule is Clc1cccc2sc3cc(N(c4ccccc4)c4cccc(-c5ccccc5)c4)ccc3c12. The third-order valence-electron chi connectivity index (χ3n) is 5.91. The number of para-hydroxylation sites is 1. The topological polar surface area (TPSA) is 3.24 Å². The molecule has 158 valence electrons. The van der Waals surface area contributed by atoms with Crippen molar-refractivity contribution < 1.29 is 0 Å². The zero-order valence-electron chi connectivity index (χ0n) is 17.8. The van der Waals surface area contributed by atoms with Gasteiger partial charge in [0, 0.05) is 42.3 Å². The van der Waals surface area contributed by atoms with Crippen LogP contribution in [0.1, 0.15) is 0 Å². The lowest BCUT2D eigenvalue weighted by Crippen LogP contribution is -2.09. The minimum absolute atomic E-state index is 0.807. The Morgan fingerprint density at radius 3 is 2.00 bits per heavy atom. The monoisotopic (exact) mass is 461 g/mol. The van der Waals surface area contributed by atoms with Gasteiger partial charge >= 0.3 is 0 Å². The number of hydrogen-bond donors (Lipinski definition) is 0. The Hall–Kier alpha value is -3.59. The molecule has 0 N–H and O–H groups in total. The predicted molar refractivity (Wildman–Crippen MR) is 144 cm³/mol. The van der Waals surface area contributed by atoms with Crippen molar-refractivity contribution in [1.29, 1.82) is 0 Å². The highest BCUT2D eigenvalue weighted by Crippen LogP contribution is 2.42. The first kappa shape index (κ1) is 20.0. The van der Waals surface area contributed by atoms with E-state index in [1.165, 1.54) is 25.9 Å². The van der Waals surface area contributed by atoms with E-state index in [0.717, 1.165) is 27.5 Å². The molecule has 0 spiro atoms. The highest BCUT2D eigenvalue weighted by Gasteiger charge is 2.16. The largest absolute Gasteiger partial charge is 0.310 e. The first-order chi connectivity index (χ1) is 16.3. The number of hydrogen-bond acceptors (Lipinski definition) is 2. The minimum atomic E-state index is 0.807. The standard InChI is InChI=1S/C30H20ClNS/c31-27-15-8-16-28-30(27)26-18-17-25(20-29(26)33-28)32(23-12-5-2-6-13-23)24-14-7-11-22(19-24)21-9-3-1-4-10-21/h1-20H. The van der Waals surface area contributed by atoms with Gasteiger partial charge in [-0.05, 0) is 59.7 Å². The molecule has 0 fully saturated rings. The molecule has 6 aromatic rings. The summed E-state index contributed by atoms with van der Waals surface area (Å²) < 4.78 is 2.45. The fraction of sp³-hybridized carbons (Fsp3) is 0. The number of nitrogens with zero attached hydrogens (tertiary/aromatic N) is 1. The number of thiophene rings is 1. The molecule has 1 nitrogen and oxygen atoms in total. The van der Waals surface area contributed by atoms with Crippen LogP contribution in [-0.4, -0.2) is 0 Å². The molecule has 0 aliphatic rings. The molecule has 1 aromatic heterocycles. The third-order valence-corrected chi connectivity index (χ3v) is 7.35. The van der Waals surface area contributed by atoms with Gasteiger partial charge in [0.1, 0.15) is 0 Å². The summed E-state index contributed by atoms with van der Waals surface area (Å²) in [7, 11) is 0. The van der Waals surface area contributed by atoms with Crippen molar-refractivity contribution in [3.8, 4) is 11.1 Å². The molecule has 33 heavy (non-hydrogen) atoms. The smallest absolute Gasteiger partial charge is 0.0499 e. The van der Waals surface area contributed by atoms with Crippen LogP contribution in [0.2, 0.25) is 5.02 Å². The maximum atomic E-state index is 6.54. The molecule has 0 unspecified atom stereocenters. The lowest BCUT2D eigenvalue weighted by atomic mass is 10.0. The summed E-state index contributed by atoms with van der Waals surface area (Å²) in [6.07, 6.45) is 0. The van der Waals surface area contributed by atoms with Crippen LogP contribution >= 0.6 is 22.9 Å². The van der Waals surface area contributed by atoms with Crippen LogP contribution < -0.4 is 4.90 Å². The molecule has 5 aromatic carbocycles. The van der Waals surface area contributed by atoms with E-state index in [1.54, 1.807) is 11.3 Å². The second kappa shape index (κ2) is 8.40. The van der Waals surface area contributed by atoms with Gasteiger partial charge in [-0.2, -0.15) is 0 Å². The minimum Gasteiger partial charge on any atom is -0.310 e. The summed E-state index contributed by atoms with van der Waals surface area (Å²) in [5.74, 6) is 0. The van der Waals surface area contributed by atoms with Gasteiger partial charge in [-0.3, -0.25) is 0 Å². The summed E-state index contributed by atoms with van der Waals surface area (Å²) in [4.78, 5) is 2.32. The highest BCUT2D eigenvalue weighted by molar-refractivity contribution is 7.26. The van der Waals surface area contributed by atoms with E-state index >= 15 is 0 Å². The molecule has 0 saturated heterocycles. The fourth-order valence-corrected chi connectivity index (χ4v) is 5.89. The first-order valence-electron chi connectivity index (χ1n) is 10.9. The van der Waals surface area contributed by atoms with Crippen molar-refractivity contribution in [3.63, 3.8) is 0 Å². The zero-order valence-corrected chi connectivity index (χ0v) is 19.4.